The fraction of sp³-hybridized carbons (Fsp3) is 1.00. The topological polar surface area (TPSA) is 58.6 Å². The van der Waals surface area contributed by atoms with Crippen LogP contribution < -0.4 is 4.89 Å². The van der Waals surface area contributed by atoms with Gasteiger partial charge in [0.1, 0.15) is 0 Å². The molecule has 2 unspecified atom stereocenters. The molecule has 0 spiro atoms. The Hall–Kier alpha value is 1.68. The van der Waals surface area contributed by atoms with Gasteiger partial charge in [-0.3, -0.25) is 4.57 Å². The summed E-state index contributed by atoms with van der Waals surface area (Å²) in [6.45, 7) is 8.91. The predicted octanol–water partition coefficient (Wildman–Crippen LogP) is 4.54. The number of hydrogen-bond donors (Lipinski definition) is 0. The first kappa shape index (κ1) is 25.9. The molecule has 0 aromatic rings. The van der Waals surface area contributed by atoms with Crippen molar-refractivity contribution in [3.63, 3.8) is 0 Å². The molecule has 128 valence electrons. The average molecular weight is 459 g/mol. The van der Waals surface area contributed by atoms with Gasteiger partial charge in [0.25, 0.3) is 7.82 Å². The zero-order valence-corrected chi connectivity index (χ0v) is 20.3. The van der Waals surface area contributed by atoms with Gasteiger partial charge in [-0.25, -0.2) is 0 Å². The monoisotopic (exact) mass is 459 g/mol. The molecule has 0 N–H and O–H groups in total. The second kappa shape index (κ2) is 16.2. The Labute approximate surface area is 177 Å². The first-order valence-electron chi connectivity index (χ1n) is 8.59. The van der Waals surface area contributed by atoms with Gasteiger partial charge < -0.3 is 13.9 Å². The number of phosphoric ester groups is 1. The van der Waals surface area contributed by atoms with Crippen LogP contribution in [0.5, 0.6) is 0 Å². The fourth-order valence-corrected chi connectivity index (χ4v) is 3.09. The van der Waals surface area contributed by atoms with E-state index in [1.165, 1.54) is 0 Å². The van der Waals surface area contributed by atoms with Crippen molar-refractivity contribution in [2.75, 3.05) is 13.2 Å². The molecule has 0 aliphatic carbocycles. The molecule has 0 amide bonds. The van der Waals surface area contributed by atoms with Crippen LogP contribution in [0.3, 0.4) is 0 Å². The van der Waals surface area contributed by atoms with Crippen LogP contribution in [-0.2, 0) is 13.6 Å². The Bertz CT molecular complexity index is 265. The molecule has 6 heteroatoms. The molecule has 0 aromatic carbocycles. The van der Waals surface area contributed by atoms with Crippen molar-refractivity contribution >= 4 is 56.7 Å². The van der Waals surface area contributed by atoms with Crippen LogP contribution in [0.2, 0.25) is 0 Å². The van der Waals surface area contributed by atoms with Gasteiger partial charge in [0.15, 0.2) is 0 Å². The predicted molar refractivity (Wildman–Crippen MR) is 91.9 cm³/mol. The maximum atomic E-state index is 11.8. The molecular weight excluding hydrogens is 424 g/mol. The van der Waals surface area contributed by atoms with E-state index in [9.17, 15) is 9.46 Å². The van der Waals surface area contributed by atoms with Crippen molar-refractivity contribution in [1.82, 2.24) is 0 Å². The van der Waals surface area contributed by atoms with Crippen LogP contribution in [0.25, 0.3) is 0 Å². The Morgan fingerprint density at radius 2 is 1.23 bits per heavy atom. The van der Waals surface area contributed by atoms with E-state index in [1.54, 1.807) is 0 Å². The summed E-state index contributed by atoms with van der Waals surface area (Å²) < 4.78 is 21.9. The second-order valence-electron chi connectivity index (χ2n) is 5.87. The number of rotatable bonds is 14. The van der Waals surface area contributed by atoms with E-state index in [4.69, 9.17) is 9.05 Å². The number of unbranched alkanes of at least 4 members (excludes halogenated alkanes) is 2. The van der Waals surface area contributed by atoms with Gasteiger partial charge in [-0.15, -0.1) is 0 Å². The third kappa shape index (κ3) is 14.1. The van der Waals surface area contributed by atoms with Gasteiger partial charge >= 0.3 is 48.9 Å². The van der Waals surface area contributed by atoms with E-state index in [0.717, 1.165) is 51.4 Å². The van der Waals surface area contributed by atoms with Gasteiger partial charge in [0.05, 0.1) is 13.2 Å². The summed E-state index contributed by atoms with van der Waals surface area (Å²) in [4.78, 5) is 11.8. The van der Waals surface area contributed by atoms with Crippen molar-refractivity contribution in [3.8, 4) is 0 Å². The molecule has 0 fully saturated rings. The SMILES string of the molecule is CCCCC(CC)COP(=O)([O-])OCC(CC)CCCC.[Ba+2]. The molecular formula is C16H34BaO4P+. The van der Waals surface area contributed by atoms with Crippen LogP contribution in [0.4, 0.5) is 0 Å². The Balaban J connectivity index is 0. The van der Waals surface area contributed by atoms with E-state index >= 15 is 0 Å². The average Bonchev–Trinajstić information content (AvgIpc) is 2.47. The second-order valence-corrected chi connectivity index (χ2v) is 7.28. The molecule has 0 rings (SSSR count). The first-order valence-corrected chi connectivity index (χ1v) is 10.0. The molecule has 0 radical (unpaired) electrons. The van der Waals surface area contributed by atoms with Crippen molar-refractivity contribution in [1.29, 1.82) is 0 Å². The molecule has 2 atom stereocenters. The number of hydrogen-bond acceptors (Lipinski definition) is 4. The molecule has 4 nitrogen and oxygen atoms in total. The Morgan fingerprint density at radius 3 is 1.50 bits per heavy atom. The molecule has 22 heavy (non-hydrogen) atoms. The standard InChI is InChI=1S/C16H35O4P.Ba/c1-5-9-11-15(7-3)13-19-21(17,18)20-14-16(8-4)12-10-6-2;/h15-16H,5-14H2,1-4H3,(H,17,18);/q;+2/p-1. The van der Waals surface area contributed by atoms with E-state index in [0.29, 0.717) is 11.8 Å². The zero-order valence-electron chi connectivity index (χ0n) is 15.0. The van der Waals surface area contributed by atoms with Crippen LogP contribution in [0.1, 0.15) is 79.1 Å². The Kier molecular flexibility index (Phi) is 19.0. The molecule has 0 heterocycles. The summed E-state index contributed by atoms with van der Waals surface area (Å²) in [6, 6.07) is 0. The molecule has 0 bridgehead atoms. The zero-order chi connectivity index (χ0) is 16.1. The van der Waals surface area contributed by atoms with Gasteiger partial charge in [-0.2, -0.15) is 0 Å². The maximum absolute atomic E-state index is 11.8. The third-order valence-corrected chi connectivity index (χ3v) is 4.95. The van der Waals surface area contributed by atoms with Crippen molar-refractivity contribution in [2.24, 2.45) is 11.8 Å². The molecule has 0 aliphatic heterocycles. The quantitative estimate of drug-likeness (QED) is 0.283. The largest absolute Gasteiger partial charge is 2.00 e. The van der Waals surface area contributed by atoms with Crippen LogP contribution in [0.15, 0.2) is 0 Å². The minimum absolute atomic E-state index is 0. The van der Waals surface area contributed by atoms with Crippen molar-refractivity contribution < 1.29 is 18.5 Å². The van der Waals surface area contributed by atoms with Gasteiger partial charge in [-0.05, 0) is 24.7 Å². The normalized spacial score (nSPS) is 16.6. The Morgan fingerprint density at radius 1 is 0.864 bits per heavy atom. The van der Waals surface area contributed by atoms with E-state index in [2.05, 4.69) is 27.7 Å². The summed E-state index contributed by atoms with van der Waals surface area (Å²) in [6.07, 6.45) is 8.38. The fourth-order valence-electron chi connectivity index (χ4n) is 2.23. The van der Waals surface area contributed by atoms with Crippen LogP contribution >= 0.6 is 7.82 Å². The van der Waals surface area contributed by atoms with Gasteiger partial charge in [0.2, 0.25) is 0 Å². The molecule has 0 saturated heterocycles. The van der Waals surface area contributed by atoms with Gasteiger partial charge in [0, 0.05) is 0 Å². The summed E-state index contributed by atoms with van der Waals surface area (Å²) in [5, 5.41) is 0. The summed E-state index contributed by atoms with van der Waals surface area (Å²) in [5.41, 5.74) is 0. The summed E-state index contributed by atoms with van der Waals surface area (Å²) in [5.74, 6) is 0.607. The third-order valence-electron chi connectivity index (χ3n) is 4.02. The van der Waals surface area contributed by atoms with Crippen molar-refractivity contribution in [2.45, 2.75) is 79.1 Å². The molecule has 0 aliphatic rings. The minimum Gasteiger partial charge on any atom is -0.756 e. The number of phosphoric acid groups is 1. The summed E-state index contributed by atoms with van der Waals surface area (Å²) in [7, 11) is -4.14. The smallest absolute Gasteiger partial charge is 0.756 e. The first-order chi connectivity index (χ1) is 9.99. The maximum Gasteiger partial charge on any atom is 2.00 e. The summed E-state index contributed by atoms with van der Waals surface area (Å²) >= 11 is 0. The van der Waals surface area contributed by atoms with E-state index in [1.807, 2.05) is 0 Å². The van der Waals surface area contributed by atoms with E-state index in [-0.39, 0.29) is 62.1 Å². The van der Waals surface area contributed by atoms with Crippen LogP contribution in [-0.4, -0.2) is 62.1 Å². The van der Waals surface area contributed by atoms with Crippen LogP contribution in [0, 0.1) is 11.8 Å². The van der Waals surface area contributed by atoms with Crippen molar-refractivity contribution in [3.05, 3.63) is 0 Å². The van der Waals surface area contributed by atoms with Gasteiger partial charge in [-0.1, -0.05) is 66.2 Å². The minimum atomic E-state index is -4.14. The molecule has 0 saturated carbocycles. The molecule has 0 aromatic heterocycles. The van der Waals surface area contributed by atoms with E-state index < -0.39 is 7.82 Å².